The highest BCUT2D eigenvalue weighted by molar-refractivity contribution is 7.89. The first-order valence-electron chi connectivity index (χ1n) is 6.97. The molecule has 1 atom stereocenters. The number of fused-ring (bicyclic) bond motifs is 1. The molecule has 3 rings (SSSR count). The smallest absolute Gasteiger partial charge is 0.207 e. The molecule has 22 heavy (non-hydrogen) atoms. The molecule has 1 aliphatic heterocycles. The zero-order valence-electron chi connectivity index (χ0n) is 11.9. The van der Waals surface area contributed by atoms with Crippen LogP contribution in [0, 0.1) is 11.6 Å². The van der Waals surface area contributed by atoms with Gasteiger partial charge in [-0.1, -0.05) is 6.92 Å². The van der Waals surface area contributed by atoms with Gasteiger partial charge in [0.05, 0.1) is 10.9 Å². The van der Waals surface area contributed by atoms with Crippen molar-refractivity contribution in [3.63, 3.8) is 0 Å². The Hall–Kier alpha value is -1.31. The van der Waals surface area contributed by atoms with E-state index in [1.165, 1.54) is 9.18 Å². The fourth-order valence-electron chi connectivity index (χ4n) is 2.90. The zero-order chi connectivity index (χ0) is 15.9. The molecule has 1 aliphatic rings. The van der Waals surface area contributed by atoms with E-state index >= 15 is 0 Å². The monoisotopic (exact) mass is 343 g/mol. The molecule has 3 nitrogen and oxygen atoms in total. The second-order valence-corrected chi connectivity index (χ2v) is 8.09. The van der Waals surface area contributed by atoms with E-state index in [0.717, 1.165) is 17.7 Å². The quantitative estimate of drug-likeness (QED) is 0.852. The van der Waals surface area contributed by atoms with Crippen LogP contribution in [0.4, 0.5) is 8.78 Å². The van der Waals surface area contributed by atoms with E-state index in [0.29, 0.717) is 25.5 Å². The van der Waals surface area contributed by atoms with Gasteiger partial charge in [-0.3, -0.25) is 0 Å². The van der Waals surface area contributed by atoms with Gasteiger partial charge in [-0.15, -0.1) is 11.3 Å². The standard InChI is InChI=1S/C15H15F2NO2S2/c1-2-14-13-4-6-21-15(13)3-5-18(14)22(19,20)12-8-10(16)7-11(17)9-12/h4,6-9,14H,2-3,5H2,1H3. The first kappa shape index (κ1) is 15.6. The van der Waals surface area contributed by atoms with Gasteiger partial charge in [-0.25, -0.2) is 17.2 Å². The van der Waals surface area contributed by atoms with Crippen molar-refractivity contribution in [1.82, 2.24) is 4.31 Å². The van der Waals surface area contributed by atoms with E-state index in [1.807, 2.05) is 18.4 Å². The van der Waals surface area contributed by atoms with Gasteiger partial charge in [-0.05, 0) is 42.0 Å². The summed E-state index contributed by atoms with van der Waals surface area (Å²) in [5.41, 5.74) is 0.999. The molecule has 7 heteroatoms. The van der Waals surface area contributed by atoms with Crippen molar-refractivity contribution in [2.75, 3.05) is 6.54 Å². The predicted octanol–water partition coefficient (Wildman–Crippen LogP) is 3.72. The van der Waals surface area contributed by atoms with Crippen LogP contribution in [-0.4, -0.2) is 19.3 Å². The van der Waals surface area contributed by atoms with Gasteiger partial charge in [0.25, 0.3) is 0 Å². The number of benzene rings is 1. The summed E-state index contributed by atoms with van der Waals surface area (Å²) >= 11 is 1.62. The Balaban J connectivity index is 2.05. The van der Waals surface area contributed by atoms with Gasteiger partial charge >= 0.3 is 0 Å². The third-order valence-electron chi connectivity index (χ3n) is 3.88. The Morgan fingerprint density at radius 1 is 1.27 bits per heavy atom. The molecular weight excluding hydrogens is 328 g/mol. The van der Waals surface area contributed by atoms with Gasteiger partial charge in [0.1, 0.15) is 11.6 Å². The van der Waals surface area contributed by atoms with Crippen molar-refractivity contribution in [3.05, 3.63) is 51.7 Å². The molecule has 2 aromatic rings. The summed E-state index contributed by atoms with van der Waals surface area (Å²) in [7, 11) is -3.93. The summed E-state index contributed by atoms with van der Waals surface area (Å²) in [6.45, 7) is 2.23. The van der Waals surface area contributed by atoms with Gasteiger partial charge in [-0.2, -0.15) is 4.31 Å². The van der Waals surface area contributed by atoms with Crippen molar-refractivity contribution < 1.29 is 17.2 Å². The van der Waals surface area contributed by atoms with Crippen LogP contribution in [0.2, 0.25) is 0 Å². The van der Waals surface area contributed by atoms with Crippen LogP contribution in [0.25, 0.3) is 0 Å². The molecule has 0 saturated carbocycles. The lowest BCUT2D eigenvalue weighted by atomic mass is 10.0. The molecule has 0 N–H and O–H groups in total. The van der Waals surface area contributed by atoms with Crippen LogP contribution in [-0.2, 0) is 16.4 Å². The Bertz CT molecular complexity index is 781. The van der Waals surface area contributed by atoms with E-state index in [2.05, 4.69) is 0 Å². The second-order valence-electron chi connectivity index (χ2n) is 5.19. The summed E-state index contributed by atoms with van der Waals surface area (Å²) < 4.78 is 53.7. The molecule has 118 valence electrons. The molecule has 1 aromatic heterocycles. The maximum atomic E-state index is 13.4. The molecule has 0 bridgehead atoms. The summed E-state index contributed by atoms with van der Waals surface area (Å²) in [4.78, 5) is 0.853. The van der Waals surface area contributed by atoms with E-state index in [9.17, 15) is 17.2 Å². The number of hydrogen-bond donors (Lipinski definition) is 0. The minimum absolute atomic E-state index is 0.286. The SMILES string of the molecule is CCC1c2ccsc2CCN1S(=O)(=O)c1cc(F)cc(F)c1. The highest BCUT2D eigenvalue weighted by Gasteiger charge is 2.36. The molecule has 0 radical (unpaired) electrons. The van der Waals surface area contributed by atoms with Crippen LogP contribution in [0.3, 0.4) is 0 Å². The normalized spacial score (nSPS) is 19.1. The van der Waals surface area contributed by atoms with Gasteiger partial charge in [0.15, 0.2) is 0 Å². The molecule has 0 amide bonds. The van der Waals surface area contributed by atoms with Crippen LogP contribution < -0.4 is 0 Å². The molecule has 0 fully saturated rings. The lowest BCUT2D eigenvalue weighted by molar-refractivity contribution is 0.303. The van der Waals surface area contributed by atoms with Crippen LogP contribution in [0.5, 0.6) is 0 Å². The van der Waals surface area contributed by atoms with E-state index in [1.54, 1.807) is 11.3 Å². The lowest BCUT2D eigenvalue weighted by Crippen LogP contribution is -2.39. The average Bonchev–Trinajstić information content (AvgIpc) is 2.93. The molecule has 0 spiro atoms. The second kappa shape index (κ2) is 5.72. The topological polar surface area (TPSA) is 37.4 Å². The summed E-state index contributed by atoms with van der Waals surface area (Å²) in [5.74, 6) is -1.78. The van der Waals surface area contributed by atoms with Crippen molar-refractivity contribution in [1.29, 1.82) is 0 Å². The first-order chi connectivity index (χ1) is 10.4. The number of hydrogen-bond acceptors (Lipinski definition) is 3. The molecule has 0 saturated heterocycles. The van der Waals surface area contributed by atoms with Gasteiger partial charge < -0.3 is 0 Å². The molecule has 2 heterocycles. The number of rotatable bonds is 3. The maximum absolute atomic E-state index is 13.4. The van der Waals surface area contributed by atoms with E-state index < -0.39 is 21.7 Å². The highest BCUT2D eigenvalue weighted by Crippen LogP contribution is 2.38. The minimum atomic E-state index is -3.93. The fourth-order valence-corrected chi connectivity index (χ4v) is 5.55. The van der Waals surface area contributed by atoms with E-state index in [4.69, 9.17) is 0 Å². The number of halogens is 2. The highest BCUT2D eigenvalue weighted by atomic mass is 32.2. The van der Waals surface area contributed by atoms with E-state index in [-0.39, 0.29) is 10.9 Å². The maximum Gasteiger partial charge on any atom is 0.243 e. The summed E-state index contributed by atoms with van der Waals surface area (Å²) in [5, 5.41) is 1.95. The van der Waals surface area contributed by atoms with Crippen molar-refractivity contribution in [2.45, 2.75) is 30.7 Å². The fraction of sp³-hybridized carbons (Fsp3) is 0.333. The van der Waals surface area contributed by atoms with Crippen LogP contribution >= 0.6 is 11.3 Å². The van der Waals surface area contributed by atoms with Crippen molar-refractivity contribution in [3.8, 4) is 0 Å². The number of sulfonamides is 1. The Kier molecular flexibility index (Phi) is 4.05. The summed E-state index contributed by atoms with van der Waals surface area (Å²) in [6, 6.07) is 4.06. The largest absolute Gasteiger partial charge is 0.243 e. The minimum Gasteiger partial charge on any atom is -0.207 e. The van der Waals surface area contributed by atoms with Gasteiger partial charge in [0.2, 0.25) is 10.0 Å². The summed E-state index contributed by atoms with van der Waals surface area (Å²) in [6.07, 6.45) is 1.24. The zero-order valence-corrected chi connectivity index (χ0v) is 13.6. The van der Waals surface area contributed by atoms with Gasteiger partial charge in [0, 0.05) is 17.5 Å². The molecule has 0 aliphatic carbocycles. The lowest BCUT2D eigenvalue weighted by Gasteiger charge is -2.34. The van der Waals surface area contributed by atoms with Crippen LogP contribution in [0.1, 0.15) is 29.8 Å². The third kappa shape index (κ3) is 2.57. The number of thiophene rings is 1. The Morgan fingerprint density at radius 2 is 1.95 bits per heavy atom. The average molecular weight is 343 g/mol. The predicted molar refractivity (Wildman–Crippen MR) is 81.3 cm³/mol. The third-order valence-corrected chi connectivity index (χ3v) is 6.76. The first-order valence-corrected chi connectivity index (χ1v) is 9.29. The molecule has 1 aromatic carbocycles. The Morgan fingerprint density at radius 3 is 2.59 bits per heavy atom. The molecular formula is C15H15F2NO2S2. The molecule has 1 unspecified atom stereocenters. The Labute approximate surface area is 132 Å². The van der Waals surface area contributed by atoms with Crippen molar-refractivity contribution in [2.24, 2.45) is 0 Å². The van der Waals surface area contributed by atoms with Crippen molar-refractivity contribution >= 4 is 21.4 Å². The van der Waals surface area contributed by atoms with Crippen LogP contribution in [0.15, 0.2) is 34.5 Å². The number of nitrogens with zero attached hydrogens (tertiary/aromatic N) is 1.